The first-order valence-electron chi connectivity index (χ1n) is 11.7. The second kappa shape index (κ2) is 10.1. The number of amides is 1. The average molecular weight is 503 g/mol. The number of tetrazole rings is 1. The summed E-state index contributed by atoms with van der Waals surface area (Å²) in [6, 6.07) is 15.0. The maximum Gasteiger partial charge on any atom is 0.414 e. The fraction of sp³-hybridized carbons (Fsp3) is 0.231. The lowest BCUT2D eigenvalue weighted by atomic mass is 10.1. The number of nitrogens with zero attached hydrogens (tertiary/aromatic N) is 6. The van der Waals surface area contributed by atoms with Crippen LogP contribution in [0.15, 0.2) is 60.8 Å². The zero-order valence-corrected chi connectivity index (χ0v) is 20.2. The van der Waals surface area contributed by atoms with Crippen LogP contribution in [0, 0.1) is 5.82 Å². The summed E-state index contributed by atoms with van der Waals surface area (Å²) in [4.78, 5) is 31.7. The zero-order valence-electron chi connectivity index (χ0n) is 20.2. The van der Waals surface area contributed by atoms with Gasteiger partial charge in [0, 0.05) is 17.3 Å². The number of rotatable bonds is 7. The molecule has 1 atom stereocenters. The molecule has 10 nitrogen and oxygen atoms in total. The number of hydrogen-bond donors (Lipinski definition) is 0. The topological polar surface area (TPSA) is 112 Å². The highest BCUT2D eigenvalue weighted by atomic mass is 19.1. The maximum atomic E-state index is 15.0. The zero-order chi connectivity index (χ0) is 25.9. The molecule has 1 aliphatic rings. The van der Waals surface area contributed by atoms with Crippen molar-refractivity contribution >= 4 is 17.7 Å². The van der Waals surface area contributed by atoms with E-state index < -0.39 is 24.0 Å². The van der Waals surface area contributed by atoms with Crippen LogP contribution in [0.5, 0.6) is 0 Å². The van der Waals surface area contributed by atoms with Crippen LogP contribution >= 0.6 is 0 Å². The summed E-state index contributed by atoms with van der Waals surface area (Å²) in [5.74, 6) is -0.655. The van der Waals surface area contributed by atoms with E-state index in [1.54, 1.807) is 43.4 Å². The third-order valence-corrected chi connectivity index (χ3v) is 5.95. The summed E-state index contributed by atoms with van der Waals surface area (Å²) in [6.45, 7) is 2.05. The molecule has 1 saturated heterocycles. The number of pyridine rings is 1. The van der Waals surface area contributed by atoms with Crippen LogP contribution < -0.4 is 4.90 Å². The predicted molar refractivity (Wildman–Crippen MR) is 131 cm³/mol. The Morgan fingerprint density at radius 1 is 1.16 bits per heavy atom. The minimum Gasteiger partial charge on any atom is -0.458 e. The van der Waals surface area contributed by atoms with Crippen molar-refractivity contribution in [1.29, 1.82) is 0 Å². The Bertz CT molecular complexity index is 1440. The van der Waals surface area contributed by atoms with E-state index in [1.165, 1.54) is 22.0 Å². The van der Waals surface area contributed by atoms with Gasteiger partial charge in [-0.2, -0.15) is 4.80 Å². The fourth-order valence-corrected chi connectivity index (χ4v) is 3.93. The Labute approximate surface area is 211 Å². The van der Waals surface area contributed by atoms with Gasteiger partial charge in [-0.15, -0.1) is 10.2 Å². The van der Waals surface area contributed by atoms with Gasteiger partial charge in [-0.3, -0.25) is 9.88 Å². The number of carbonyl (C=O) groups excluding carboxylic acids is 2. The van der Waals surface area contributed by atoms with Gasteiger partial charge in [-0.1, -0.05) is 25.1 Å². The summed E-state index contributed by atoms with van der Waals surface area (Å²) in [6.07, 6.45) is 1.09. The molecule has 0 aliphatic carbocycles. The molecule has 0 saturated carbocycles. The largest absolute Gasteiger partial charge is 0.458 e. The van der Waals surface area contributed by atoms with Crippen molar-refractivity contribution in [2.75, 3.05) is 18.1 Å². The third-order valence-electron chi connectivity index (χ3n) is 5.95. The number of carbonyl (C=O) groups is 2. The summed E-state index contributed by atoms with van der Waals surface area (Å²) >= 11 is 0. The normalized spacial score (nSPS) is 15.1. The van der Waals surface area contributed by atoms with E-state index in [4.69, 9.17) is 9.47 Å². The van der Waals surface area contributed by atoms with Gasteiger partial charge < -0.3 is 9.47 Å². The van der Waals surface area contributed by atoms with Gasteiger partial charge in [0.1, 0.15) is 18.1 Å². The number of aromatic nitrogens is 5. The number of anilines is 1. The molecule has 4 aromatic rings. The molecular formula is C26H23FN6O4. The molecule has 5 rings (SSSR count). The second-order valence-corrected chi connectivity index (χ2v) is 8.46. The van der Waals surface area contributed by atoms with E-state index in [0.29, 0.717) is 33.9 Å². The Balaban J connectivity index is 1.22. The number of esters is 1. The van der Waals surface area contributed by atoms with Gasteiger partial charge >= 0.3 is 12.1 Å². The molecule has 0 spiro atoms. The van der Waals surface area contributed by atoms with Crippen LogP contribution in [0.25, 0.3) is 22.6 Å². The number of benzene rings is 2. The molecule has 0 radical (unpaired) electrons. The van der Waals surface area contributed by atoms with Crippen molar-refractivity contribution in [3.8, 4) is 22.6 Å². The lowest BCUT2D eigenvalue weighted by Gasteiger charge is -2.14. The first kappa shape index (κ1) is 24.0. The van der Waals surface area contributed by atoms with Crippen molar-refractivity contribution in [2.45, 2.75) is 19.4 Å². The second-order valence-electron chi connectivity index (χ2n) is 8.46. The van der Waals surface area contributed by atoms with E-state index in [1.807, 2.05) is 19.1 Å². The van der Waals surface area contributed by atoms with Gasteiger partial charge in [0.2, 0.25) is 5.82 Å². The van der Waals surface area contributed by atoms with Gasteiger partial charge in [-0.25, -0.2) is 14.0 Å². The smallest absolute Gasteiger partial charge is 0.414 e. The average Bonchev–Trinajstić information content (AvgIpc) is 3.52. The lowest BCUT2D eigenvalue weighted by molar-refractivity contribution is 0.0300. The van der Waals surface area contributed by atoms with Crippen molar-refractivity contribution < 1.29 is 23.5 Å². The molecule has 0 bridgehead atoms. The van der Waals surface area contributed by atoms with E-state index in [9.17, 15) is 9.59 Å². The number of aryl methyl sites for hydroxylation is 2. The summed E-state index contributed by atoms with van der Waals surface area (Å²) in [7, 11) is 1.65. The highest BCUT2D eigenvalue weighted by molar-refractivity contribution is 5.91. The summed E-state index contributed by atoms with van der Waals surface area (Å²) in [5, 5.41) is 11.8. The minimum atomic E-state index is -0.666. The first-order chi connectivity index (χ1) is 17.9. The molecule has 1 amide bonds. The highest BCUT2D eigenvalue weighted by Crippen LogP contribution is 2.29. The number of halogens is 1. The monoisotopic (exact) mass is 502 g/mol. The van der Waals surface area contributed by atoms with Crippen LogP contribution in [0.4, 0.5) is 14.9 Å². The maximum absolute atomic E-state index is 15.0. The Morgan fingerprint density at radius 3 is 2.62 bits per heavy atom. The van der Waals surface area contributed by atoms with E-state index in [-0.39, 0.29) is 13.2 Å². The fourth-order valence-electron chi connectivity index (χ4n) is 3.93. The van der Waals surface area contributed by atoms with Crippen LogP contribution in [-0.2, 0) is 22.9 Å². The number of ether oxygens (including phenoxy) is 2. The SMILES string of the molecule is CCc1ccc(C(=O)OC[C@H]2CN(c3ccc(-c4ccc(-c5nnn(C)n5)nc4)c(F)c3)C(=O)O2)cc1. The molecule has 2 aromatic heterocycles. The van der Waals surface area contributed by atoms with E-state index >= 15 is 4.39 Å². The Morgan fingerprint density at radius 2 is 1.97 bits per heavy atom. The minimum absolute atomic E-state index is 0.101. The molecule has 1 fully saturated rings. The van der Waals surface area contributed by atoms with E-state index in [0.717, 1.165) is 12.0 Å². The molecular weight excluding hydrogens is 479 g/mol. The van der Waals surface area contributed by atoms with Crippen LogP contribution in [0.1, 0.15) is 22.8 Å². The highest BCUT2D eigenvalue weighted by Gasteiger charge is 2.33. The number of cyclic esters (lactones) is 1. The third kappa shape index (κ3) is 5.15. The lowest BCUT2D eigenvalue weighted by Crippen LogP contribution is -2.26. The van der Waals surface area contributed by atoms with Gasteiger partial charge in [0.15, 0.2) is 6.10 Å². The molecule has 188 valence electrons. The standard InChI is InChI=1S/C26H23FN6O4/c1-3-16-4-6-17(7-5-16)25(34)36-15-20-14-33(26(35)37-20)19-9-10-21(22(27)12-19)18-8-11-23(28-13-18)24-29-31-32(2)30-24/h4-13,20H,3,14-15H2,1-2H3/t20-/m1/s1. The van der Waals surface area contributed by atoms with E-state index in [2.05, 4.69) is 20.4 Å². The Hall–Kier alpha value is -4.67. The van der Waals surface area contributed by atoms with Crippen molar-refractivity contribution in [1.82, 2.24) is 25.2 Å². The Kier molecular flexibility index (Phi) is 6.59. The van der Waals surface area contributed by atoms with Crippen molar-refractivity contribution in [3.05, 3.63) is 77.7 Å². The summed E-state index contributed by atoms with van der Waals surface area (Å²) < 4.78 is 25.7. The molecule has 11 heteroatoms. The number of hydrogen-bond acceptors (Lipinski definition) is 8. The molecule has 2 aromatic carbocycles. The molecule has 0 N–H and O–H groups in total. The van der Waals surface area contributed by atoms with Gasteiger partial charge in [0.25, 0.3) is 0 Å². The quantitative estimate of drug-likeness (QED) is 0.351. The van der Waals surface area contributed by atoms with Crippen molar-refractivity contribution in [2.24, 2.45) is 7.05 Å². The van der Waals surface area contributed by atoms with Gasteiger partial charge in [0.05, 0.1) is 24.8 Å². The van der Waals surface area contributed by atoms with Crippen molar-refractivity contribution in [3.63, 3.8) is 0 Å². The predicted octanol–water partition coefficient (Wildman–Crippen LogP) is 3.82. The van der Waals surface area contributed by atoms with Crippen LogP contribution in [-0.4, -0.2) is 56.5 Å². The van der Waals surface area contributed by atoms with Crippen LogP contribution in [0.2, 0.25) is 0 Å². The van der Waals surface area contributed by atoms with Gasteiger partial charge in [-0.05, 0) is 53.6 Å². The van der Waals surface area contributed by atoms with Crippen LogP contribution in [0.3, 0.4) is 0 Å². The first-order valence-corrected chi connectivity index (χ1v) is 11.7. The summed E-state index contributed by atoms with van der Waals surface area (Å²) in [5.41, 5.74) is 3.26. The molecule has 37 heavy (non-hydrogen) atoms. The molecule has 1 aliphatic heterocycles. The molecule has 3 heterocycles. The molecule has 0 unspecified atom stereocenters.